The molecular formula is C19H16N4O6S. The van der Waals surface area contributed by atoms with Crippen LogP contribution in [0.15, 0.2) is 87.4 Å². The average molecular weight is 428 g/mol. The molecule has 3 aromatic rings. The number of hydrazone groups is 1. The molecule has 0 atom stereocenters. The minimum atomic E-state index is -4.43. The van der Waals surface area contributed by atoms with Crippen LogP contribution in [0, 0.1) is 10.1 Å². The highest BCUT2D eigenvalue weighted by Gasteiger charge is 2.32. The summed E-state index contributed by atoms with van der Waals surface area (Å²) < 4.78 is 32.3. The van der Waals surface area contributed by atoms with Gasteiger partial charge in [-0.1, -0.05) is 30.3 Å². The van der Waals surface area contributed by atoms with Gasteiger partial charge in [-0.25, -0.2) is 13.8 Å². The van der Waals surface area contributed by atoms with E-state index >= 15 is 0 Å². The maximum Gasteiger partial charge on any atom is 0.289 e. The maximum absolute atomic E-state index is 13.2. The van der Waals surface area contributed by atoms with Crippen molar-refractivity contribution in [1.82, 2.24) is 5.43 Å². The number of anilines is 1. The molecule has 30 heavy (non-hydrogen) atoms. The van der Waals surface area contributed by atoms with E-state index in [9.17, 15) is 23.3 Å². The van der Waals surface area contributed by atoms with Crippen molar-refractivity contribution < 1.29 is 22.6 Å². The van der Waals surface area contributed by atoms with Crippen LogP contribution in [0.3, 0.4) is 0 Å². The number of nitrogens with zero attached hydrogens (tertiary/aromatic N) is 3. The van der Waals surface area contributed by atoms with Crippen LogP contribution in [0.25, 0.3) is 0 Å². The molecule has 0 aliphatic rings. The number of nitro benzene ring substituents is 1. The number of rotatable bonds is 8. The largest absolute Gasteiger partial charge is 0.463 e. The van der Waals surface area contributed by atoms with Crippen LogP contribution in [-0.2, 0) is 14.8 Å². The molecule has 154 valence electrons. The molecule has 11 heteroatoms. The van der Waals surface area contributed by atoms with Gasteiger partial charge in [-0.05, 0) is 30.3 Å². The SMILES string of the molecule is O=C(CN(c1ccccc1)S(=O)(=O)c1ccccc1[N+](=O)[O-])N/N=C/c1ccco1. The zero-order chi connectivity index (χ0) is 21.6. The van der Waals surface area contributed by atoms with Gasteiger partial charge in [0, 0.05) is 6.07 Å². The van der Waals surface area contributed by atoms with Gasteiger partial charge < -0.3 is 4.42 Å². The van der Waals surface area contributed by atoms with E-state index in [1.54, 1.807) is 30.3 Å². The number of furan rings is 1. The molecule has 1 heterocycles. The molecule has 0 saturated carbocycles. The summed E-state index contributed by atoms with van der Waals surface area (Å²) in [6, 6.07) is 16.0. The third kappa shape index (κ3) is 4.70. The highest BCUT2D eigenvalue weighted by Crippen LogP contribution is 2.29. The number of benzene rings is 2. The quantitative estimate of drug-likeness (QED) is 0.333. The van der Waals surface area contributed by atoms with Crippen LogP contribution in [0.4, 0.5) is 11.4 Å². The predicted molar refractivity (Wildman–Crippen MR) is 109 cm³/mol. The Bertz CT molecular complexity index is 1160. The van der Waals surface area contributed by atoms with Crippen molar-refractivity contribution in [3.63, 3.8) is 0 Å². The van der Waals surface area contributed by atoms with Crippen LogP contribution < -0.4 is 9.73 Å². The first kappa shape index (κ1) is 20.7. The van der Waals surface area contributed by atoms with Gasteiger partial charge in [-0.15, -0.1) is 0 Å². The highest BCUT2D eigenvalue weighted by atomic mass is 32.2. The van der Waals surface area contributed by atoms with Gasteiger partial charge in [-0.3, -0.25) is 19.2 Å². The summed E-state index contributed by atoms with van der Waals surface area (Å²) in [6.07, 6.45) is 2.68. The number of para-hydroxylation sites is 2. The Morgan fingerprint density at radius 2 is 1.80 bits per heavy atom. The average Bonchev–Trinajstić information content (AvgIpc) is 3.26. The van der Waals surface area contributed by atoms with Gasteiger partial charge in [0.2, 0.25) is 0 Å². The lowest BCUT2D eigenvalue weighted by Gasteiger charge is -2.23. The van der Waals surface area contributed by atoms with Crippen molar-refractivity contribution in [2.75, 3.05) is 10.8 Å². The summed E-state index contributed by atoms with van der Waals surface area (Å²) in [5, 5.41) is 15.0. The second kappa shape index (κ2) is 9.01. The lowest BCUT2D eigenvalue weighted by molar-refractivity contribution is -0.387. The number of nitrogens with one attached hydrogen (secondary N) is 1. The Kier molecular flexibility index (Phi) is 6.23. The third-order valence-corrected chi connectivity index (χ3v) is 5.71. The first-order valence-electron chi connectivity index (χ1n) is 8.56. The second-order valence-corrected chi connectivity index (χ2v) is 7.71. The fourth-order valence-electron chi connectivity index (χ4n) is 2.55. The second-order valence-electron chi connectivity index (χ2n) is 5.88. The molecule has 0 saturated heterocycles. The number of carbonyl (C=O) groups excluding carboxylic acids is 1. The maximum atomic E-state index is 13.2. The summed E-state index contributed by atoms with van der Waals surface area (Å²) in [6.45, 7) is -0.645. The van der Waals surface area contributed by atoms with Gasteiger partial charge in [0.1, 0.15) is 12.3 Å². The molecule has 0 fully saturated rings. The van der Waals surface area contributed by atoms with Gasteiger partial charge in [-0.2, -0.15) is 5.10 Å². The van der Waals surface area contributed by atoms with Gasteiger partial charge in [0.15, 0.2) is 4.90 Å². The highest BCUT2D eigenvalue weighted by molar-refractivity contribution is 7.93. The Morgan fingerprint density at radius 1 is 1.10 bits per heavy atom. The van der Waals surface area contributed by atoms with Crippen LogP contribution in [0.2, 0.25) is 0 Å². The van der Waals surface area contributed by atoms with Crippen molar-refractivity contribution >= 4 is 33.5 Å². The van der Waals surface area contributed by atoms with Crippen molar-refractivity contribution in [1.29, 1.82) is 0 Å². The molecular weight excluding hydrogens is 412 g/mol. The van der Waals surface area contributed by atoms with E-state index in [0.717, 1.165) is 16.4 Å². The van der Waals surface area contributed by atoms with Crippen LogP contribution in [0.1, 0.15) is 5.76 Å². The molecule has 0 radical (unpaired) electrons. The number of carbonyl (C=O) groups is 1. The number of amides is 1. The van der Waals surface area contributed by atoms with E-state index in [1.807, 2.05) is 0 Å². The predicted octanol–water partition coefficient (Wildman–Crippen LogP) is 2.53. The van der Waals surface area contributed by atoms with Crippen molar-refractivity contribution in [3.8, 4) is 0 Å². The molecule has 0 spiro atoms. The number of nitro groups is 1. The molecule has 1 aromatic heterocycles. The smallest absolute Gasteiger partial charge is 0.289 e. The zero-order valence-electron chi connectivity index (χ0n) is 15.4. The minimum Gasteiger partial charge on any atom is -0.463 e. The minimum absolute atomic E-state index is 0.167. The van der Waals surface area contributed by atoms with Crippen molar-refractivity contribution in [2.24, 2.45) is 5.10 Å². The van der Waals surface area contributed by atoms with E-state index in [-0.39, 0.29) is 5.69 Å². The molecule has 3 rings (SSSR count). The fraction of sp³-hybridized carbons (Fsp3) is 0.0526. The Hall–Kier alpha value is -3.99. The van der Waals surface area contributed by atoms with Gasteiger partial charge in [0.25, 0.3) is 21.6 Å². The third-order valence-electron chi connectivity index (χ3n) is 3.89. The van der Waals surface area contributed by atoms with Gasteiger partial charge >= 0.3 is 0 Å². The monoisotopic (exact) mass is 428 g/mol. The Labute approximate surface area is 171 Å². The van der Waals surface area contributed by atoms with Crippen molar-refractivity contribution in [2.45, 2.75) is 4.90 Å². The van der Waals surface area contributed by atoms with Crippen LogP contribution >= 0.6 is 0 Å². The lowest BCUT2D eigenvalue weighted by atomic mass is 10.3. The number of hydrogen-bond acceptors (Lipinski definition) is 7. The van der Waals surface area contributed by atoms with E-state index in [1.165, 1.54) is 36.7 Å². The van der Waals surface area contributed by atoms with Crippen LogP contribution in [0.5, 0.6) is 0 Å². The van der Waals surface area contributed by atoms with E-state index < -0.39 is 38.0 Å². The first-order valence-corrected chi connectivity index (χ1v) is 10.0. The van der Waals surface area contributed by atoms with Gasteiger partial charge in [0.05, 0.1) is 23.1 Å². The summed E-state index contributed by atoms with van der Waals surface area (Å²) in [5.41, 5.74) is 1.79. The lowest BCUT2D eigenvalue weighted by Crippen LogP contribution is -2.39. The summed E-state index contributed by atoms with van der Waals surface area (Å²) in [5.74, 6) is -0.355. The molecule has 10 nitrogen and oxygen atoms in total. The topological polar surface area (TPSA) is 135 Å². The zero-order valence-corrected chi connectivity index (χ0v) is 16.2. The summed E-state index contributed by atoms with van der Waals surface area (Å²) >= 11 is 0. The molecule has 1 amide bonds. The fourth-order valence-corrected chi connectivity index (χ4v) is 4.13. The molecule has 1 N–H and O–H groups in total. The Balaban J connectivity index is 1.92. The normalized spacial score (nSPS) is 11.3. The molecule has 0 aliphatic heterocycles. The molecule has 2 aromatic carbocycles. The standard InChI is InChI=1S/C19H16N4O6S/c24-19(21-20-13-16-9-6-12-29-16)14-22(15-7-2-1-3-8-15)30(27,28)18-11-5-4-10-17(18)23(25)26/h1-13H,14H2,(H,21,24)/b20-13+. The molecule has 0 unspecified atom stereocenters. The van der Waals surface area contributed by atoms with E-state index in [0.29, 0.717) is 5.76 Å². The number of hydrogen-bond donors (Lipinski definition) is 1. The first-order chi connectivity index (χ1) is 14.4. The van der Waals surface area contributed by atoms with Crippen LogP contribution in [-0.4, -0.2) is 32.0 Å². The summed E-state index contributed by atoms with van der Waals surface area (Å²) in [7, 11) is -4.43. The van der Waals surface area contributed by atoms with Crippen molar-refractivity contribution in [3.05, 3.63) is 88.9 Å². The molecule has 0 aliphatic carbocycles. The summed E-state index contributed by atoms with van der Waals surface area (Å²) in [4.78, 5) is 22.4. The Morgan fingerprint density at radius 3 is 2.47 bits per heavy atom. The van der Waals surface area contributed by atoms with E-state index in [2.05, 4.69) is 10.5 Å². The molecule has 0 bridgehead atoms. The number of sulfonamides is 1. The van der Waals surface area contributed by atoms with E-state index in [4.69, 9.17) is 4.42 Å².